The van der Waals surface area contributed by atoms with Crippen molar-refractivity contribution in [2.75, 3.05) is 6.61 Å². The summed E-state index contributed by atoms with van der Waals surface area (Å²) in [7, 11) is 0. The van der Waals surface area contributed by atoms with Gasteiger partial charge in [-0.05, 0) is 25.7 Å². The first kappa shape index (κ1) is 8.57. The molecule has 2 bridgehead atoms. The molecule has 0 saturated carbocycles. The van der Waals surface area contributed by atoms with Crippen LogP contribution in [0.4, 0.5) is 0 Å². The number of carbonyl (C=O) groups excluding carboxylic acids is 1. The Kier molecular flexibility index (Phi) is 2.17. The lowest BCUT2D eigenvalue weighted by atomic mass is 9.82. The smallest absolute Gasteiger partial charge is 0.128 e. The van der Waals surface area contributed by atoms with Crippen molar-refractivity contribution in [1.29, 1.82) is 0 Å². The summed E-state index contributed by atoms with van der Waals surface area (Å²) in [5.41, 5.74) is -0.378. The number of aliphatic hydroxyl groups excluding tert-OH is 1. The van der Waals surface area contributed by atoms with Crippen LogP contribution in [0.1, 0.15) is 25.7 Å². The van der Waals surface area contributed by atoms with E-state index in [2.05, 4.69) is 0 Å². The Balaban J connectivity index is 2.13. The molecule has 0 spiro atoms. The van der Waals surface area contributed by atoms with Crippen LogP contribution in [0.15, 0.2) is 0 Å². The molecule has 2 rings (SSSR count). The molecule has 0 aromatic carbocycles. The molecule has 0 aliphatic carbocycles. The van der Waals surface area contributed by atoms with Crippen LogP contribution in [0.25, 0.3) is 0 Å². The van der Waals surface area contributed by atoms with E-state index in [1.54, 1.807) is 0 Å². The van der Waals surface area contributed by atoms with Crippen LogP contribution in [-0.4, -0.2) is 28.5 Å². The fourth-order valence-electron chi connectivity index (χ4n) is 2.33. The van der Waals surface area contributed by atoms with Gasteiger partial charge in [-0.3, -0.25) is 0 Å². The molecule has 2 unspecified atom stereocenters. The van der Waals surface area contributed by atoms with E-state index >= 15 is 0 Å². The number of aliphatic hydroxyl groups is 1. The largest absolute Gasteiger partial charge is 0.395 e. The summed E-state index contributed by atoms with van der Waals surface area (Å²) in [5.74, 6) is 0. The number of rotatable bonds is 2. The quantitative estimate of drug-likeness (QED) is 0.659. The number of hydrogen-bond donors (Lipinski definition) is 1. The Hall–Kier alpha value is -0.0200. The van der Waals surface area contributed by atoms with E-state index in [4.69, 9.17) is 5.11 Å². The summed E-state index contributed by atoms with van der Waals surface area (Å²) in [6.07, 6.45) is 5.26. The molecular formula is C9H14O2S. The van der Waals surface area contributed by atoms with Crippen molar-refractivity contribution in [3.05, 3.63) is 0 Å². The minimum absolute atomic E-state index is 0.0457. The fourth-order valence-corrected chi connectivity index (χ4v) is 4.28. The van der Waals surface area contributed by atoms with Gasteiger partial charge in [0.1, 0.15) is 6.29 Å². The maximum absolute atomic E-state index is 10.9. The van der Waals surface area contributed by atoms with Crippen LogP contribution in [0.3, 0.4) is 0 Å². The molecule has 1 N–H and O–H groups in total. The van der Waals surface area contributed by atoms with Gasteiger partial charge in [0.15, 0.2) is 0 Å². The third kappa shape index (κ3) is 1.29. The average molecular weight is 186 g/mol. The first-order valence-corrected chi connectivity index (χ1v) is 5.45. The first-order chi connectivity index (χ1) is 5.78. The molecule has 2 atom stereocenters. The Morgan fingerprint density at radius 2 is 2.00 bits per heavy atom. The Morgan fingerprint density at radius 1 is 1.42 bits per heavy atom. The molecule has 0 aromatic rings. The zero-order chi connectivity index (χ0) is 8.60. The number of thioether (sulfide) groups is 1. The molecule has 2 saturated heterocycles. The summed E-state index contributed by atoms with van der Waals surface area (Å²) in [5, 5.41) is 10.4. The number of carbonyl (C=O) groups is 1. The van der Waals surface area contributed by atoms with Crippen LogP contribution >= 0.6 is 11.8 Å². The van der Waals surface area contributed by atoms with Gasteiger partial charge in [-0.15, -0.1) is 0 Å². The molecule has 0 amide bonds. The van der Waals surface area contributed by atoms with Gasteiger partial charge in [-0.1, -0.05) is 0 Å². The van der Waals surface area contributed by atoms with Gasteiger partial charge in [0.05, 0.1) is 12.0 Å². The van der Waals surface area contributed by atoms with Crippen LogP contribution in [0.5, 0.6) is 0 Å². The van der Waals surface area contributed by atoms with Crippen molar-refractivity contribution >= 4 is 18.0 Å². The lowest BCUT2D eigenvalue weighted by Gasteiger charge is -2.34. The second-order valence-corrected chi connectivity index (χ2v) is 5.61. The molecule has 2 aliphatic rings. The van der Waals surface area contributed by atoms with Crippen LogP contribution in [0, 0.1) is 5.41 Å². The number of aldehydes is 1. The summed E-state index contributed by atoms with van der Waals surface area (Å²) >= 11 is 2.02. The van der Waals surface area contributed by atoms with E-state index < -0.39 is 0 Å². The highest BCUT2D eigenvalue weighted by Crippen LogP contribution is 2.50. The van der Waals surface area contributed by atoms with Crippen molar-refractivity contribution in [3.8, 4) is 0 Å². The van der Waals surface area contributed by atoms with Gasteiger partial charge < -0.3 is 9.90 Å². The van der Waals surface area contributed by atoms with Gasteiger partial charge in [-0.2, -0.15) is 11.8 Å². The van der Waals surface area contributed by atoms with Gasteiger partial charge in [-0.25, -0.2) is 0 Å². The lowest BCUT2D eigenvalue weighted by Crippen LogP contribution is -2.35. The topological polar surface area (TPSA) is 37.3 Å². The summed E-state index contributed by atoms with van der Waals surface area (Å²) in [6, 6.07) is 0. The SMILES string of the molecule is O=CC1(CO)CC2CCC(C1)S2. The highest BCUT2D eigenvalue weighted by molar-refractivity contribution is 8.00. The second kappa shape index (κ2) is 3.04. The maximum Gasteiger partial charge on any atom is 0.128 e. The van der Waals surface area contributed by atoms with Crippen molar-refractivity contribution in [1.82, 2.24) is 0 Å². The van der Waals surface area contributed by atoms with Crippen molar-refractivity contribution in [2.24, 2.45) is 5.41 Å². The molecule has 0 aromatic heterocycles. The van der Waals surface area contributed by atoms with E-state index in [-0.39, 0.29) is 12.0 Å². The standard InChI is InChI=1S/C9H14O2S/c10-5-9(6-11)3-7-1-2-8(4-9)12-7/h5,7-8,11H,1-4,6H2. The summed E-state index contributed by atoms with van der Waals surface area (Å²) < 4.78 is 0. The van der Waals surface area contributed by atoms with E-state index in [9.17, 15) is 4.79 Å². The average Bonchev–Trinajstić information content (AvgIpc) is 2.46. The molecule has 12 heavy (non-hydrogen) atoms. The molecule has 3 heteroatoms. The molecule has 2 aliphatic heterocycles. The third-order valence-electron chi connectivity index (χ3n) is 3.03. The molecule has 68 valence electrons. The van der Waals surface area contributed by atoms with Crippen LogP contribution in [-0.2, 0) is 4.79 Å². The molecular weight excluding hydrogens is 172 g/mol. The molecule has 2 heterocycles. The van der Waals surface area contributed by atoms with Crippen molar-refractivity contribution in [2.45, 2.75) is 36.2 Å². The third-order valence-corrected chi connectivity index (χ3v) is 4.60. The minimum atomic E-state index is -0.378. The predicted molar refractivity (Wildman–Crippen MR) is 49.2 cm³/mol. The first-order valence-electron chi connectivity index (χ1n) is 4.51. The predicted octanol–water partition coefficient (Wildman–Crippen LogP) is 1.22. The van der Waals surface area contributed by atoms with Crippen LogP contribution < -0.4 is 0 Å². The van der Waals surface area contributed by atoms with Gasteiger partial charge in [0.25, 0.3) is 0 Å². The Labute approximate surface area is 76.7 Å². The fraction of sp³-hybridized carbons (Fsp3) is 0.889. The highest BCUT2D eigenvalue weighted by atomic mass is 32.2. The van der Waals surface area contributed by atoms with E-state index in [0.29, 0.717) is 10.5 Å². The zero-order valence-electron chi connectivity index (χ0n) is 7.03. The summed E-state index contributed by atoms with van der Waals surface area (Å²) in [6.45, 7) is 0.0457. The normalized spacial score (nSPS) is 46.1. The maximum atomic E-state index is 10.9. The highest BCUT2D eigenvalue weighted by Gasteiger charge is 2.43. The summed E-state index contributed by atoms with van der Waals surface area (Å²) in [4.78, 5) is 10.9. The molecule has 2 fully saturated rings. The van der Waals surface area contributed by atoms with E-state index in [1.165, 1.54) is 12.8 Å². The number of fused-ring (bicyclic) bond motifs is 2. The van der Waals surface area contributed by atoms with Gasteiger partial charge in [0, 0.05) is 10.5 Å². The number of hydrogen-bond acceptors (Lipinski definition) is 3. The van der Waals surface area contributed by atoms with E-state index in [1.807, 2.05) is 11.8 Å². The monoisotopic (exact) mass is 186 g/mol. The zero-order valence-corrected chi connectivity index (χ0v) is 7.85. The van der Waals surface area contributed by atoms with Gasteiger partial charge >= 0.3 is 0 Å². The molecule has 0 radical (unpaired) electrons. The van der Waals surface area contributed by atoms with E-state index in [0.717, 1.165) is 19.1 Å². The van der Waals surface area contributed by atoms with Crippen molar-refractivity contribution in [3.63, 3.8) is 0 Å². The second-order valence-electron chi connectivity index (χ2n) is 4.00. The van der Waals surface area contributed by atoms with Crippen LogP contribution in [0.2, 0.25) is 0 Å². The van der Waals surface area contributed by atoms with Crippen molar-refractivity contribution < 1.29 is 9.90 Å². The Morgan fingerprint density at radius 3 is 2.42 bits per heavy atom. The Bertz CT molecular complexity index is 181. The molecule has 2 nitrogen and oxygen atoms in total. The lowest BCUT2D eigenvalue weighted by molar-refractivity contribution is -0.119. The van der Waals surface area contributed by atoms with Gasteiger partial charge in [0.2, 0.25) is 0 Å². The minimum Gasteiger partial charge on any atom is -0.395 e.